The number of methoxy groups -OCH3 is 3. The Balaban J connectivity index is 2.36. The summed E-state index contributed by atoms with van der Waals surface area (Å²) in [4.78, 5) is 1.04. The Labute approximate surface area is 158 Å². The lowest BCUT2D eigenvalue weighted by Gasteiger charge is -2.14. The summed E-state index contributed by atoms with van der Waals surface area (Å²) in [5, 5.41) is 0. The van der Waals surface area contributed by atoms with E-state index in [0.29, 0.717) is 29.4 Å². The summed E-state index contributed by atoms with van der Waals surface area (Å²) in [6.45, 7) is 6.00. The molecule has 1 aromatic carbocycles. The topological polar surface area (TPSA) is 66.6 Å². The maximum atomic E-state index is 5.79. The molecule has 0 radical (unpaired) electrons. The molecule has 5 nitrogen and oxygen atoms in total. The van der Waals surface area contributed by atoms with Gasteiger partial charge < -0.3 is 19.9 Å². The van der Waals surface area contributed by atoms with Crippen LogP contribution >= 0.6 is 11.5 Å². The number of ether oxygens (including phenoxy) is 3. The molecule has 2 aromatic rings. The SMILES string of the molecule is C=C(/C=C\C(N)=C/C)Cc1cnsc1-c1cc(OC)c(OC)c(OC)c1. The first-order valence-electron chi connectivity index (χ1n) is 8.05. The summed E-state index contributed by atoms with van der Waals surface area (Å²) >= 11 is 1.42. The minimum absolute atomic E-state index is 0.569. The van der Waals surface area contributed by atoms with Crippen molar-refractivity contribution < 1.29 is 14.2 Å². The number of hydrogen-bond donors (Lipinski definition) is 1. The third-order valence-corrected chi connectivity index (χ3v) is 4.72. The molecule has 0 fully saturated rings. The second-order valence-electron chi connectivity index (χ2n) is 5.55. The van der Waals surface area contributed by atoms with E-state index in [2.05, 4.69) is 11.0 Å². The van der Waals surface area contributed by atoms with Crippen LogP contribution in [0, 0.1) is 0 Å². The molecule has 26 heavy (non-hydrogen) atoms. The molecule has 0 aliphatic rings. The molecular weight excluding hydrogens is 348 g/mol. The predicted octanol–water partition coefficient (Wildman–Crippen LogP) is 4.35. The molecule has 0 unspecified atom stereocenters. The predicted molar refractivity (Wildman–Crippen MR) is 107 cm³/mol. The normalized spacial score (nSPS) is 11.6. The highest BCUT2D eigenvalue weighted by Crippen LogP contribution is 2.42. The third kappa shape index (κ3) is 4.46. The largest absolute Gasteiger partial charge is 0.493 e. The van der Waals surface area contributed by atoms with Crippen molar-refractivity contribution in [3.63, 3.8) is 0 Å². The van der Waals surface area contributed by atoms with Crippen molar-refractivity contribution in [2.24, 2.45) is 5.73 Å². The molecule has 0 amide bonds. The highest BCUT2D eigenvalue weighted by molar-refractivity contribution is 7.09. The first-order valence-corrected chi connectivity index (χ1v) is 8.82. The van der Waals surface area contributed by atoms with Crippen molar-refractivity contribution in [2.45, 2.75) is 13.3 Å². The number of rotatable bonds is 8. The first kappa shape index (κ1) is 19.6. The fraction of sp³-hybridized carbons (Fsp3) is 0.250. The van der Waals surface area contributed by atoms with Gasteiger partial charge in [0.15, 0.2) is 11.5 Å². The van der Waals surface area contributed by atoms with Crippen LogP contribution in [-0.4, -0.2) is 25.7 Å². The van der Waals surface area contributed by atoms with E-state index in [1.54, 1.807) is 21.3 Å². The van der Waals surface area contributed by atoms with Crippen molar-refractivity contribution in [3.05, 3.63) is 60.0 Å². The molecule has 0 spiro atoms. The minimum atomic E-state index is 0.569. The molecule has 0 aliphatic carbocycles. The third-order valence-electron chi connectivity index (χ3n) is 3.83. The van der Waals surface area contributed by atoms with Crippen LogP contribution in [0.25, 0.3) is 10.4 Å². The lowest BCUT2D eigenvalue weighted by atomic mass is 10.0. The number of aromatic nitrogens is 1. The van der Waals surface area contributed by atoms with E-state index in [-0.39, 0.29) is 0 Å². The maximum absolute atomic E-state index is 5.79. The Kier molecular flexibility index (Phi) is 6.86. The van der Waals surface area contributed by atoms with Crippen LogP contribution in [0.4, 0.5) is 0 Å². The van der Waals surface area contributed by atoms with Crippen LogP contribution in [0.15, 0.2) is 54.4 Å². The van der Waals surface area contributed by atoms with Gasteiger partial charge in [0.2, 0.25) is 5.75 Å². The quantitative estimate of drug-likeness (QED) is 0.698. The summed E-state index contributed by atoms with van der Waals surface area (Å²) in [5.74, 6) is 1.79. The maximum Gasteiger partial charge on any atom is 0.203 e. The van der Waals surface area contributed by atoms with Crippen LogP contribution in [0.3, 0.4) is 0 Å². The van der Waals surface area contributed by atoms with Gasteiger partial charge in [-0.1, -0.05) is 24.3 Å². The van der Waals surface area contributed by atoms with Crippen LogP contribution in [0.2, 0.25) is 0 Å². The Morgan fingerprint density at radius 3 is 2.35 bits per heavy atom. The van der Waals surface area contributed by atoms with Crippen LogP contribution in [0.1, 0.15) is 12.5 Å². The Morgan fingerprint density at radius 2 is 1.81 bits per heavy atom. The fourth-order valence-electron chi connectivity index (χ4n) is 2.45. The van der Waals surface area contributed by atoms with Gasteiger partial charge in [-0.2, -0.15) is 0 Å². The van der Waals surface area contributed by atoms with E-state index in [1.807, 2.05) is 43.5 Å². The van der Waals surface area contributed by atoms with E-state index in [9.17, 15) is 0 Å². The van der Waals surface area contributed by atoms with Crippen molar-refractivity contribution in [1.82, 2.24) is 4.37 Å². The van der Waals surface area contributed by atoms with Crippen LogP contribution in [0.5, 0.6) is 17.2 Å². The second-order valence-corrected chi connectivity index (χ2v) is 6.35. The minimum Gasteiger partial charge on any atom is -0.493 e. The van der Waals surface area contributed by atoms with Crippen molar-refractivity contribution in [1.29, 1.82) is 0 Å². The van der Waals surface area contributed by atoms with E-state index >= 15 is 0 Å². The van der Waals surface area contributed by atoms with E-state index in [0.717, 1.165) is 21.6 Å². The molecule has 2 rings (SSSR count). The van der Waals surface area contributed by atoms with E-state index < -0.39 is 0 Å². The number of nitrogens with two attached hydrogens (primary N) is 1. The van der Waals surface area contributed by atoms with Gasteiger partial charge in [-0.05, 0) is 48.6 Å². The van der Waals surface area contributed by atoms with Gasteiger partial charge in [0.05, 0.1) is 26.2 Å². The van der Waals surface area contributed by atoms with Gasteiger partial charge in [0.25, 0.3) is 0 Å². The van der Waals surface area contributed by atoms with E-state index in [4.69, 9.17) is 19.9 Å². The zero-order chi connectivity index (χ0) is 19.1. The highest BCUT2D eigenvalue weighted by Gasteiger charge is 2.17. The monoisotopic (exact) mass is 372 g/mol. The van der Waals surface area contributed by atoms with Crippen molar-refractivity contribution in [2.75, 3.05) is 21.3 Å². The van der Waals surface area contributed by atoms with E-state index in [1.165, 1.54) is 11.5 Å². The summed E-state index contributed by atoms with van der Waals surface area (Å²) in [6, 6.07) is 3.85. The fourth-order valence-corrected chi connectivity index (χ4v) is 3.20. The molecule has 6 heteroatoms. The molecule has 0 saturated carbocycles. The smallest absolute Gasteiger partial charge is 0.203 e. The summed E-state index contributed by atoms with van der Waals surface area (Å²) in [7, 11) is 4.80. The van der Waals surface area contributed by atoms with Crippen molar-refractivity contribution >= 4 is 11.5 Å². The van der Waals surface area contributed by atoms with Crippen LogP contribution < -0.4 is 19.9 Å². The molecule has 0 atom stereocenters. The number of hydrogen-bond acceptors (Lipinski definition) is 6. The molecule has 1 aromatic heterocycles. The van der Waals surface area contributed by atoms with Crippen molar-refractivity contribution in [3.8, 4) is 27.7 Å². The Morgan fingerprint density at radius 1 is 1.15 bits per heavy atom. The Hall–Kier alpha value is -2.73. The number of allylic oxidation sites excluding steroid dienone is 4. The molecule has 0 aliphatic heterocycles. The van der Waals surface area contributed by atoms with Gasteiger partial charge in [0, 0.05) is 17.5 Å². The lowest BCUT2D eigenvalue weighted by molar-refractivity contribution is 0.324. The van der Waals surface area contributed by atoms with Gasteiger partial charge in [0.1, 0.15) is 0 Å². The lowest BCUT2D eigenvalue weighted by Crippen LogP contribution is -1.96. The zero-order valence-corrected chi connectivity index (χ0v) is 16.4. The Bertz CT molecular complexity index is 812. The first-order chi connectivity index (χ1) is 12.5. The summed E-state index contributed by atoms with van der Waals surface area (Å²) < 4.78 is 20.6. The highest BCUT2D eigenvalue weighted by atomic mass is 32.1. The summed E-state index contributed by atoms with van der Waals surface area (Å²) in [5.41, 5.74) is 9.49. The molecule has 1 heterocycles. The summed E-state index contributed by atoms with van der Waals surface area (Å²) in [6.07, 6.45) is 8.15. The molecule has 0 bridgehead atoms. The average molecular weight is 372 g/mol. The number of nitrogens with zero attached hydrogens (tertiary/aromatic N) is 1. The van der Waals surface area contributed by atoms with Gasteiger partial charge in [-0.3, -0.25) is 0 Å². The molecule has 138 valence electrons. The molecular formula is C20H24N2O3S. The zero-order valence-electron chi connectivity index (χ0n) is 15.5. The average Bonchev–Trinajstić information content (AvgIpc) is 3.12. The number of benzene rings is 1. The van der Waals surface area contributed by atoms with Gasteiger partial charge >= 0.3 is 0 Å². The molecule has 2 N–H and O–H groups in total. The standard InChI is InChI=1S/C20H24N2O3S/c1-6-16(21)8-7-13(2)9-15-12-22-26-20(15)14-10-17(23-3)19(25-5)18(11-14)24-4/h6-8,10-12H,2,9,21H2,1,3-5H3/b8-7-,16-6+. The second kappa shape index (κ2) is 9.10. The van der Waals surface area contributed by atoms with Gasteiger partial charge in [-0.25, -0.2) is 4.37 Å². The molecule has 0 saturated heterocycles. The van der Waals surface area contributed by atoms with Crippen LogP contribution in [-0.2, 0) is 6.42 Å². The van der Waals surface area contributed by atoms with Gasteiger partial charge in [-0.15, -0.1) is 0 Å².